The van der Waals surface area contributed by atoms with Gasteiger partial charge in [0.1, 0.15) is 0 Å². The maximum absolute atomic E-state index is 11.5. The van der Waals surface area contributed by atoms with Gasteiger partial charge in [-0.3, -0.25) is 19.3 Å². The van der Waals surface area contributed by atoms with Gasteiger partial charge < -0.3 is 11.1 Å². The lowest BCUT2D eigenvalue weighted by molar-refractivity contribution is -0.138. The average Bonchev–Trinajstić information content (AvgIpc) is 2.72. The normalized spacial score (nSPS) is 18.4. The summed E-state index contributed by atoms with van der Waals surface area (Å²) in [5.41, 5.74) is 4.73. The van der Waals surface area contributed by atoms with Gasteiger partial charge in [0.2, 0.25) is 17.7 Å². The van der Waals surface area contributed by atoms with Gasteiger partial charge in [0.25, 0.3) is 0 Å². The van der Waals surface area contributed by atoms with Gasteiger partial charge in [0.05, 0.1) is 5.54 Å². The molecule has 3 N–H and O–H groups in total. The van der Waals surface area contributed by atoms with E-state index in [9.17, 15) is 14.4 Å². The lowest BCUT2D eigenvalue weighted by Crippen LogP contribution is -2.53. The molecule has 1 saturated heterocycles. The molecule has 3 amide bonds. The summed E-state index contributed by atoms with van der Waals surface area (Å²) in [5.74, 6) is -0.534. The molecule has 1 rings (SSSR count). The van der Waals surface area contributed by atoms with Gasteiger partial charge >= 0.3 is 0 Å². The minimum Gasteiger partial charge on any atom is -0.368 e. The number of imide groups is 1. The van der Waals surface area contributed by atoms with Crippen LogP contribution in [0.4, 0.5) is 0 Å². The molecule has 1 fully saturated rings. The Hall–Kier alpha value is -1.43. The fourth-order valence-electron chi connectivity index (χ4n) is 2.32. The SMILES string of the molecule is CCCNC(C)(CCCCN1C(=O)CCC1=O)C(N)=O. The van der Waals surface area contributed by atoms with E-state index in [0.717, 1.165) is 19.4 Å². The summed E-state index contributed by atoms with van der Waals surface area (Å²) < 4.78 is 0. The minimum atomic E-state index is -0.713. The Labute approximate surface area is 120 Å². The molecule has 20 heavy (non-hydrogen) atoms. The fourth-order valence-corrected chi connectivity index (χ4v) is 2.32. The average molecular weight is 283 g/mol. The van der Waals surface area contributed by atoms with Crippen molar-refractivity contribution in [1.29, 1.82) is 0 Å². The number of carbonyl (C=O) groups excluding carboxylic acids is 3. The van der Waals surface area contributed by atoms with E-state index >= 15 is 0 Å². The van der Waals surface area contributed by atoms with Crippen molar-refractivity contribution in [2.24, 2.45) is 5.73 Å². The zero-order valence-corrected chi connectivity index (χ0v) is 12.4. The van der Waals surface area contributed by atoms with E-state index in [1.165, 1.54) is 4.90 Å². The topological polar surface area (TPSA) is 92.5 Å². The van der Waals surface area contributed by atoms with E-state index in [1.54, 1.807) is 6.92 Å². The number of amides is 3. The Bertz CT molecular complexity index is 368. The summed E-state index contributed by atoms with van der Waals surface area (Å²) in [6.07, 6.45) is 3.64. The third kappa shape index (κ3) is 4.30. The van der Waals surface area contributed by atoms with Crippen LogP contribution >= 0.6 is 0 Å². The first-order valence-electron chi connectivity index (χ1n) is 7.29. The van der Waals surface area contributed by atoms with Crippen LogP contribution in [0.5, 0.6) is 0 Å². The lowest BCUT2D eigenvalue weighted by atomic mass is 9.93. The highest BCUT2D eigenvalue weighted by molar-refractivity contribution is 6.01. The minimum absolute atomic E-state index is 0.0863. The highest BCUT2D eigenvalue weighted by atomic mass is 16.2. The van der Waals surface area contributed by atoms with Crippen LogP contribution in [0.25, 0.3) is 0 Å². The van der Waals surface area contributed by atoms with Crippen molar-refractivity contribution in [2.45, 2.75) is 57.9 Å². The van der Waals surface area contributed by atoms with Gasteiger partial charge in [-0.2, -0.15) is 0 Å². The first kappa shape index (κ1) is 16.6. The molecule has 0 radical (unpaired) electrons. The molecule has 1 aliphatic heterocycles. The van der Waals surface area contributed by atoms with E-state index in [4.69, 9.17) is 5.73 Å². The summed E-state index contributed by atoms with van der Waals surface area (Å²) in [4.78, 5) is 35.7. The maximum Gasteiger partial charge on any atom is 0.237 e. The summed E-state index contributed by atoms with van der Waals surface area (Å²) in [5, 5.41) is 3.17. The molecular formula is C14H25N3O3. The standard InChI is InChI=1S/C14H25N3O3/c1-3-9-16-14(2,13(15)20)8-4-5-10-17-11(18)6-7-12(17)19/h16H,3-10H2,1-2H3,(H2,15,20). The number of hydrogen-bond donors (Lipinski definition) is 2. The third-order valence-corrected chi connectivity index (χ3v) is 3.77. The smallest absolute Gasteiger partial charge is 0.237 e. The molecule has 0 aliphatic carbocycles. The van der Waals surface area contributed by atoms with Crippen LogP contribution in [0.2, 0.25) is 0 Å². The van der Waals surface area contributed by atoms with Crippen LogP contribution < -0.4 is 11.1 Å². The van der Waals surface area contributed by atoms with Crippen molar-refractivity contribution < 1.29 is 14.4 Å². The van der Waals surface area contributed by atoms with E-state index in [-0.39, 0.29) is 17.7 Å². The molecule has 0 saturated carbocycles. The summed E-state index contributed by atoms with van der Waals surface area (Å²) in [7, 11) is 0. The van der Waals surface area contributed by atoms with Gasteiger partial charge in [-0.1, -0.05) is 6.92 Å². The molecule has 1 heterocycles. The molecule has 6 heteroatoms. The summed E-state index contributed by atoms with van der Waals surface area (Å²) in [6, 6.07) is 0. The molecule has 0 aromatic carbocycles. The Morgan fingerprint density at radius 2 is 1.90 bits per heavy atom. The van der Waals surface area contributed by atoms with Gasteiger partial charge in [-0.15, -0.1) is 0 Å². The Morgan fingerprint density at radius 3 is 2.40 bits per heavy atom. The molecule has 0 bridgehead atoms. The number of nitrogens with zero attached hydrogens (tertiary/aromatic N) is 1. The van der Waals surface area contributed by atoms with E-state index in [2.05, 4.69) is 5.32 Å². The van der Waals surface area contributed by atoms with Crippen molar-refractivity contribution in [3.05, 3.63) is 0 Å². The largest absolute Gasteiger partial charge is 0.368 e. The number of carbonyl (C=O) groups is 3. The lowest BCUT2D eigenvalue weighted by Gasteiger charge is -2.27. The van der Waals surface area contributed by atoms with Crippen LogP contribution in [0.15, 0.2) is 0 Å². The molecule has 1 unspecified atom stereocenters. The zero-order chi connectivity index (χ0) is 15.2. The van der Waals surface area contributed by atoms with E-state index in [0.29, 0.717) is 32.2 Å². The summed E-state index contributed by atoms with van der Waals surface area (Å²) >= 11 is 0. The van der Waals surface area contributed by atoms with E-state index in [1.807, 2.05) is 6.92 Å². The van der Waals surface area contributed by atoms with Gasteiger partial charge in [-0.05, 0) is 39.2 Å². The zero-order valence-electron chi connectivity index (χ0n) is 12.4. The van der Waals surface area contributed by atoms with E-state index < -0.39 is 5.54 Å². The number of unbranched alkanes of at least 4 members (excludes halogenated alkanes) is 1. The molecule has 0 aromatic heterocycles. The van der Waals surface area contributed by atoms with Gasteiger partial charge in [-0.25, -0.2) is 0 Å². The Balaban J connectivity index is 2.35. The predicted octanol–water partition coefficient (Wildman–Crippen LogP) is 0.549. The highest BCUT2D eigenvalue weighted by Gasteiger charge is 2.31. The molecule has 1 aliphatic rings. The predicted molar refractivity (Wildman–Crippen MR) is 75.7 cm³/mol. The van der Waals surface area contributed by atoms with Crippen LogP contribution in [0.3, 0.4) is 0 Å². The second-order valence-corrected chi connectivity index (χ2v) is 5.52. The molecule has 0 aromatic rings. The highest BCUT2D eigenvalue weighted by Crippen LogP contribution is 2.16. The number of rotatable bonds is 9. The number of hydrogen-bond acceptors (Lipinski definition) is 4. The van der Waals surface area contributed by atoms with Crippen molar-refractivity contribution in [3.63, 3.8) is 0 Å². The van der Waals surface area contributed by atoms with Crippen LogP contribution in [0.1, 0.15) is 52.4 Å². The van der Waals surface area contributed by atoms with Crippen LogP contribution in [-0.4, -0.2) is 41.2 Å². The van der Waals surface area contributed by atoms with Gasteiger partial charge in [0, 0.05) is 19.4 Å². The molecule has 6 nitrogen and oxygen atoms in total. The first-order chi connectivity index (χ1) is 9.40. The van der Waals surface area contributed by atoms with Crippen LogP contribution in [0, 0.1) is 0 Å². The monoisotopic (exact) mass is 283 g/mol. The number of nitrogens with two attached hydrogens (primary N) is 1. The first-order valence-corrected chi connectivity index (χ1v) is 7.29. The quantitative estimate of drug-likeness (QED) is 0.477. The third-order valence-electron chi connectivity index (χ3n) is 3.77. The number of nitrogens with one attached hydrogen (secondary N) is 1. The second-order valence-electron chi connectivity index (χ2n) is 5.52. The molecule has 0 spiro atoms. The number of primary amides is 1. The Morgan fingerprint density at radius 1 is 1.30 bits per heavy atom. The summed E-state index contributed by atoms with van der Waals surface area (Å²) in [6.45, 7) is 5.01. The van der Waals surface area contributed by atoms with Gasteiger partial charge in [0.15, 0.2) is 0 Å². The molecular weight excluding hydrogens is 258 g/mol. The number of likely N-dealkylation sites (tertiary alicyclic amines) is 1. The fraction of sp³-hybridized carbons (Fsp3) is 0.786. The Kier molecular flexibility index (Phi) is 6.13. The molecule has 1 atom stereocenters. The molecule has 114 valence electrons. The second kappa shape index (κ2) is 7.38. The van der Waals surface area contributed by atoms with Crippen LogP contribution in [-0.2, 0) is 14.4 Å². The van der Waals surface area contributed by atoms with Crippen molar-refractivity contribution in [3.8, 4) is 0 Å². The van der Waals surface area contributed by atoms with Crippen molar-refractivity contribution in [1.82, 2.24) is 10.2 Å². The van der Waals surface area contributed by atoms with Crippen molar-refractivity contribution >= 4 is 17.7 Å². The maximum atomic E-state index is 11.5. The van der Waals surface area contributed by atoms with Crippen molar-refractivity contribution in [2.75, 3.05) is 13.1 Å².